The second-order valence-electron chi connectivity index (χ2n) is 7.86. The molecule has 0 radical (unpaired) electrons. The van der Waals surface area contributed by atoms with E-state index in [-0.39, 0.29) is 12.7 Å². The third-order valence-electron chi connectivity index (χ3n) is 5.72. The maximum Gasteiger partial charge on any atom is 0.246 e. The minimum absolute atomic E-state index is 0.0315. The highest BCUT2D eigenvalue weighted by Gasteiger charge is 2.23. The predicted molar refractivity (Wildman–Crippen MR) is 134 cm³/mol. The van der Waals surface area contributed by atoms with Crippen LogP contribution in [-0.4, -0.2) is 64.1 Å². The monoisotopic (exact) mass is 490 g/mol. The summed E-state index contributed by atoms with van der Waals surface area (Å²) in [5.41, 5.74) is 2.80. The summed E-state index contributed by atoms with van der Waals surface area (Å²) in [4.78, 5) is 18.3. The minimum Gasteiger partial charge on any atom is -0.493 e. The molecule has 0 atom stereocenters. The first kappa shape index (κ1) is 24.6. The zero-order chi connectivity index (χ0) is 25.7. The molecule has 1 amide bonds. The van der Waals surface area contributed by atoms with Gasteiger partial charge in [0.05, 0.1) is 43.3 Å². The molecule has 0 fully saturated rings. The lowest BCUT2D eigenvalue weighted by atomic mass is 10.1. The molecule has 3 aromatic rings. The molecule has 0 saturated heterocycles. The normalized spacial score (nSPS) is 12.0. The molecule has 2 aromatic carbocycles. The van der Waals surface area contributed by atoms with Crippen molar-refractivity contribution in [3.05, 3.63) is 47.7 Å². The molecule has 10 heteroatoms. The molecular weight excluding hydrogens is 464 g/mol. The van der Waals surface area contributed by atoms with Crippen LogP contribution in [-0.2, 0) is 9.53 Å². The van der Waals surface area contributed by atoms with Gasteiger partial charge in [0.15, 0.2) is 23.0 Å². The van der Waals surface area contributed by atoms with Crippen LogP contribution >= 0.6 is 0 Å². The summed E-state index contributed by atoms with van der Waals surface area (Å²) in [5, 5.41) is 13.7. The molecule has 1 N–H and O–H groups in total. The third kappa shape index (κ3) is 4.82. The Morgan fingerprint density at radius 2 is 1.94 bits per heavy atom. The molecule has 0 unspecified atom stereocenters. The fourth-order valence-corrected chi connectivity index (χ4v) is 3.75. The van der Waals surface area contributed by atoms with Gasteiger partial charge in [0.1, 0.15) is 6.07 Å². The topological polar surface area (TPSA) is 115 Å². The fourth-order valence-electron chi connectivity index (χ4n) is 3.75. The Balaban J connectivity index is 1.70. The Kier molecular flexibility index (Phi) is 7.42. The number of anilines is 2. The van der Waals surface area contributed by atoms with Gasteiger partial charge in [0, 0.05) is 50.0 Å². The van der Waals surface area contributed by atoms with Crippen LogP contribution in [0.1, 0.15) is 11.1 Å². The lowest BCUT2D eigenvalue weighted by Gasteiger charge is -2.16. The highest BCUT2D eigenvalue weighted by Crippen LogP contribution is 2.45. The summed E-state index contributed by atoms with van der Waals surface area (Å²) < 4.78 is 27.3. The van der Waals surface area contributed by atoms with E-state index in [1.807, 2.05) is 6.07 Å². The molecule has 36 heavy (non-hydrogen) atoms. The maximum atomic E-state index is 12.4. The van der Waals surface area contributed by atoms with Crippen molar-refractivity contribution in [1.29, 1.82) is 5.26 Å². The molecule has 0 bridgehead atoms. The van der Waals surface area contributed by atoms with E-state index in [1.165, 1.54) is 12.3 Å². The number of carbonyl (C=O) groups excluding carboxylic acids is 1. The quantitative estimate of drug-likeness (QED) is 0.448. The molecule has 2 heterocycles. The Morgan fingerprint density at radius 3 is 2.67 bits per heavy atom. The van der Waals surface area contributed by atoms with Crippen molar-refractivity contribution in [3.8, 4) is 29.1 Å². The van der Waals surface area contributed by atoms with Crippen LogP contribution in [0.4, 0.5) is 11.4 Å². The first-order valence-electron chi connectivity index (χ1n) is 11.1. The van der Waals surface area contributed by atoms with Gasteiger partial charge in [-0.2, -0.15) is 5.26 Å². The van der Waals surface area contributed by atoms with Crippen LogP contribution in [0.5, 0.6) is 23.0 Å². The molecule has 4 rings (SSSR count). The first-order chi connectivity index (χ1) is 17.5. The van der Waals surface area contributed by atoms with Crippen molar-refractivity contribution >= 4 is 34.3 Å². The van der Waals surface area contributed by atoms with Gasteiger partial charge >= 0.3 is 0 Å². The molecule has 0 saturated carbocycles. The number of fused-ring (bicyclic) bond motifs is 2. The number of ether oxygens (including phenoxy) is 5. The smallest absolute Gasteiger partial charge is 0.246 e. The number of hydrogen-bond donors (Lipinski definition) is 1. The summed E-state index contributed by atoms with van der Waals surface area (Å²) >= 11 is 0. The van der Waals surface area contributed by atoms with Crippen LogP contribution in [0.25, 0.3) is 17.0 Å². The highest BCUT2D eigenvalue weighted by atomic mass is 16.7. The second kappa shape index (κ2) is 10.8. The number of hydrogen-bond acceptors (Lipinski definition) is 9. The zero-order valence-corrected chi connectivity index (χ0v) is 20.5. The van der Waals surface area contributed by atoms with Crippen LogP contribution in [0, 0.1) is 11.3 Å². The number of likely N-dealkylation sites (N-methyl/N-ethyl adjacent to an activating group) is 1. The highest BCUT2D eigenvalue weighted by molar-refractivity contribution is 5.98. The molecule has 186 valence electrons. The van der Waals surface area contributed by atoms with Crippen LogP contribution < -0.4 is 24.3 Å². The Labute approximate surface area is 208 Å². The average molecular weight is 491 g/mol. The summed E-state index contributed by atoms with van der Waals surface area (Å²) in [6, 6.07) is 9.32. The van der Waals surface area contributed by atoms with Crippen LogP contribution in [0.15, 0.2) is 36.5 Å². The Bertz CT molecular complexity index is 1370. The van der Waals surface area contributed by atoms with E-state index in [0.717, 1.165) is 0 Å². The van der Waals surface area contributed by atoms with Gasteiger partial charge in [0.2, 0.25) is 12.7 Å². The average Bonchev–Trinajstić information content (AvgIpc) is 3.41. The number of benzene rings is 2. The Hall–Kier alpha value is -4.49. The van der Waals surface area contributed by atoms with E-state index in [0.29, 0.717) is 69.6 Å². The van der Waals surface area contributed by atoms with Gasteiger partial charge in [-0.1, -0.05) is 0 Å². The number of pyridine rings is 1. The number of aromatic nitrogens is 1. The van der Waals surface area contributed by atoms with Crippen molar-refractivity contribution in [2.45, 2.75) is 0 Å². The van der Waals surface area contributed by atoms with Gasteiger partial charge in [0.25, 0.3) is 0 Å². The minimum atomic E-state index is -0.159. The van der Waals surface area contributed by atoms with Gasteiger partial charge in [-0.15, -0.1) is 0 Å². The lowest BCUT2D eigenvalue weighted by molar-refractivity contribution is -0.125. The zero-order valence-electron chi connectivity index (χ0n) is 20.5. The second-order valence-corrected chi connectivity index (χ2v) is 7.86. The van der Waals surface area contributed by atoms with Crippen LogP contribution in [0.3, 0.4) is 0 Å². The van der Waals surface area contributed by atoms with E-state index in [4.69, 9.17) is 23.7 Å². The maximum absolute atomic E-state index is 12.4. The number of amides is 1. The number of nitriles is 1. The number of rotatable bonds is 9. The molecule has 0 spiro atoms. The fraction of sp³-hybridized carbons (Fsp3) is 0.269. The summed E-state index contributed by atoms with van der Waals surface area (Å²) in [6.45, 7) is 0.970. The standard InChI is InChI=1S/C26H26N4O6/c1-30(9-10-32-2)23(31)8-6-16-5-7-19(26-25(16)35-15-36-26)29-24-17(13-27)14-28-20-12-22(34-4)21(33-3)11-18(20)24/h5-8,11-12,14H,9-10,15H2,1-4H3,(H,28,29)/b8-6+. The number of methoxy groups -OCH3 is 3. The van der Waals surface area contributed by atoms with E-state index in [9.17, 15) is 10.1 Å². The largest absolute Gasteiger partial charge is 0.493 e. The van der Waals surface area contributed by atoms with Gasteiger partial charge < -0.3 is 33.9 Å². The van der Waals surface area contributed by atoms with Crippen molar-refractivity contribution in [2.75, 3.05) is 53.6 Å². The molecular formula is C26H26N4O6. The summed E-state index contributed by atoms with van der Waals surface area (Å²) in [5.74, 6) is 1.86. The third-order valence-corrected chi connectivity index (χ3v) is 5.72. The Morgan fingerprint density at radius 1 is 1.19 bits per heavy atom. The molecule has 1 aromatic heterocycles. The predicted octanol–water partition coefficient (Wildman–Crippen LogP) is 3.71. The van der Waals surface area contributed by atoms with Crippen molar-refractivity contribution in [1.82, 2.24) is 9.88 Å². The van der Waals surface area contributed by atoms with Crippen molar-refractivity contribution in [3.63, 3.8) is 0 Å². The molecule has 1 aliphatic rings. The van der Waals surface area contributed by atoms with Crippen molar-refractivity contribution < 1.29 is 28.5 Å². The van der Waals surface area contributed by atoms with Gasteiger partial charge in [-0.25, -0.2) is 0 Å². The summed E-state index contributed by atoms with van der Waals surface area (Å²) in [6.07, 6.45) is 4.66. The lowest BCUT2D eigenvalue weighted by Crippen LogP contribution is -2.28. The number of nitrogens with one attached hydrogen (secondary N) is 1. The van der Waals surface area contributed by atoms with Crippen molar-refractivity contribution in [2.24, 2.45) is 0 Å². The molecule has 1 aliphatic heterocycles. The number of nitrogens with zero attached hydrogens (tertiary/aromatic N) is 3. The van der Waals surface area contributed by atoms with Gasteiger partial charge in [-0.05, 0) is 24.3 Å². The first-order valence-corrected chi connectivity index (χ1v) is 11.1. The SMILES string of the molecule is COCCN(C)C(=O)/C=C/c1ccc(Nc2c(C#N)cnc3cc(OC)c(OC)cc23)c2c1OCO2. The van der Waals surface area contributed by atoms with Crippen LogP contribution in [0.2, 0.25) is 0 Å². The van der Waals surface area contributed by atoms with E-state index >= 15 is 0 Å². The molecule has 0 aliphatic carbocycles. The van der Waals surface area contributed by atoms with E-state index < -0.39 is 0 Å². The van der Waals surface area contributed by atoms with Gasteiger partial charge in [-0.3, -0.25) is 9.78 Å². The number of carbonyl (C=O) groups is 1. The molecule has 10 nitrogen and oxygen atoms in total. The summed E-state index contributed by atoms with van der Waals surface area (Å²) in [7, 11) is 6.39. The van der Waals surface area contributed by atoms with E-state index in [1.54, 1.807) is 57.6 Å². The van der Waals surface area contributed by atoms with E-state index in [2.05, 4.69) is 16.4 Å².